The SMILES string of the molecule is Cc1ccc(C(=O)Cc2nnc(-c3ccccc3)s2)cc1[N+](=O)[O-]. The number of carbonyl (C=O) groups is 1. The summed E-state index contributed by atoms with van der Waals surface area (Å²) in [5.41, 5.74) is 1.73. The Bertz CT molecular complexity index is 906. The van der Waals surface area contributed by atoms with Crippen molar-refractivity contribution in [2.75, 3.05) is 0 Å². The van der Waals surface area contributed by atoms with E-state index in [-0.39, 0.29) is 17.9 Å². The summed E-state index contributed by atoms with van der Waals surface area (Å²) in [5, 5.41) is 20.5. The molecule has 24 heavy (non-hydrogen) atoms. The molecular weight excluding hydrogens is 326 g/mol. The van der Waals surface area contributed by atoms with E-state index < -0.39 is 4.92 Å². The fourth-order valence-corrected chi connectivity index (χ4v) is 3.09. The number of carbonyl (C=O) groups excluding carboxylic acids is 1. The van der Waals surface area contributed by atoms with Gasteiger partial charge in [-0.25, -0.2) is 0 Å². The molecule has 0 fully saturated rings. The van der Waals surface area contributed by atoms with Crippen LogP contribution in [0.1, 0.15) is 20.9 Å². The van der Waals surface area contributed by atoms with Crippen molar-refractivity contribution < 1.29 is 9.72 Å². The standard InChI is InChI=1S/C17H13N3O3S/c1-11-7-8-13(9-14(11)20(22)23)15(21)10-16-18-19-17(24-16)12-5-3-2-4-6-12/h2-9H,10H2,1H3. The predicted molar refractivity (Wildman–Crippen MR) is 91.2 cm³/mol. The van der Waals surface area contributed by atoms with Crippen LogP contribution in [-0.4, -0.2) is 20.9 Å². The van der Waals surface area contributed by atoms with Crippen molar-refractivity contribution in [3.05, 3.63) is 74.8 Å². The van der Waals surface area contributed by atoms with Gasteiger partial charge in [0.05, 0.1) is 11.3 Å². The van der Waals surface area contributed by atoms with Gasteiger partial charge in [-0.05, 0) is 6.92 Å². The lowest BCUT2D eigenvalue weighted by atomic mass is 10.1. The lowest BCUT2D eigenvalue weighted by Gasteiger charge is -2.01. The van der Waals surface area contributed by atoms with Gasteiger partial charge in [-0.3, -0.25) is 14.9 Å². The van der Waals surface area contributed by atoms with E-state index in [4.69, 9.17) is 0 Å². The molecule has 0 atom stereocenters. The molecule has 0 radical (unpaired) electrons. The van der Waals surface area contributed by atoms with Crippen LogP contribution in [0.5, 0.6) is 0 Å². The summed E-state index contributed by atoms with van der Waals surface area (Å²) in [4.78, 5) is 22.9. The van der Waals surface area contributed by atoms with E-state index in [9.17, 15) is 14.9 Å². The van der Waals surface area contributed by atoms with Crippen molar-refractivity contribution in [3.63, 3.8) is 0 Å². The van der Waals surface area contributed by atoms with Crippen LogP contribution < -0.4 is 0 Å². The van der Waals surface area contributed by atoms with Crippen molar-refractivity contribution >= 4 is 22.8 Å². The number of aryl methyl sites for hydroxylation is 1. The van der Waals surface area contributed by atoms with Gasteiger partial charge in [-0.2, -0.15) is 0 Å². The normalized spacial score (nSPS) is 10.5. The third-order valence-electron chi connectivity index (χ3n) is 3.53. The second-order valence-corrected chi connectivity index (χ2v) is 6.29. The van der Waals surface area contributed by atoms with Gasteiger partial charge in [-0.1, -0.05) is 53.8 Å². The number of benzene rings is 2. The van der Waals surface area contributed by atoms with Crippen LogP contribution >= 0.6 is 11.3 Å². The number of nitrogens with zero attached hydrogens (tertiary/aromatic N) is 3. The van der Waals surface area contributed by atoms with E-state index >= 15 is 0 Å². The van der Waals surface area contributed by atoms with E-state index in [0.717, 1.165) is 10.6 Å². The number of Topliss-reactive ketones (excluding diaryl/α,β-unsaturated/α-hetero) is 1. The lowest BCUT2D eigenvalue weighted by Crippen LogP contribution is -2.04. The predicted octanol–water partition coefficient (Wildman–Crippen LogP) is 3.85. The minimum Gasteiger partial charge on any atom is -0.294 e. The smallest absolute Gasteiger partial charge is 0.273 e. The highest BCUT2D eigenvalue weighted by Crippen LogP contribution is 2.25. The van der Waals surface area contributed by atoms with Gasteiger partial charge < -0.3 is 0 Å². The topological polar surface area (TPSA) is 86.0 Å². The first-order chi connectivity index (χ1) is 11.5. The zero-order chi connectivity index (χ0) is 17.1. The van der Waals surface area contributed by atoms with Gasteiger partial charge >= 0.3 is 0 Å². The van der Waals surface area contributed by atoms with Gasteiger partial charge in [0, 0.05) is 22.8 Å². The van der Waals surface area contributed by atoms with Crippen LogP contribution in [0.2, 0.25) is 0 Å². The van der Waals surface area contributed by atoms with Gasteiger partial charge in [0.15, 0.2) is 5.78 Å². The summed E-state index contributed by atoms with van der Waals surface area (Å²) in [6.45, 7) is 1.64. The molecule has 0 unspecified atom stereocenters. The first kappa shape index (κ1) is 15.9. The number of nitro benzene ring substituents is 1. The zero-order valence-electron chi connectivity index (χ0n) is 12.8. The van der Waals surface area contributed by atoms with E-state index in [1.54, 1.807) is 19.1 Å². The molecule has 0 bridgehead atoms. The minimum atomic E-state index is -0.482. The Balaban J connectivity index is 1.80. The molecule has 0 aliphatic rings. The Morgan fingerprint density at radius 1 is 1.17 bits per heavy atom. The van der Waals surface area contributed by atoms with Crippen molar-refractivity contribution in [1.82, 2.24) is 10.2 Å². The largest absolute Gasteiger partial charge is 0.294 e. The maximum Gasteiger partial charge on any atom is 0.273 e. The van der Waals surface area contributed by atoms with Gasteiger partial charge in [0.25, 0.3) is 5.69 Å². The van der Waals surface area contributed by atoms with E-state index in [1.165, 1.54) is 17.4 Å². The monoisotopic (exact) mass is 339 g/mol. The highest BCUT2D eigenvalue weighted by atomic mass is 32.1. The van der Waals surface area contributed by atoms with E-state index in [0.29, 0.717) is 16.1 Å². The van der Waals surface area contributed by atoms with Crippen LogP contribution in [0, 0.1) is 17.0 Å². The molecule has 6 nitrogen and oxygen atoms in total. The third-order valence-corrected chi connectivity index (χ3v) is 4.50. The maximum absolute atomic E-state index is 12.4. The molecule has 0 spiro atoms. The van der Waals surface area contributed by atoms with Crippen molar-refractivity contribution in [2.45, 2.75) is 13.3 Å². The van der Waals surface area contributed by atoms with Crippen LogP contribution in [0.3, 0.4) is 0 Å². The molecule has 0 saturated carbocycles. The lowest BCUT2D eigenvalue weighted by molar-refractivity contribution is -0.385. The molecule has 120 valence electrons. The first-order valence-electron chi connectivity index (χ1n) is 7.20. The Kier molecular flexibility index (Phi) is 4.43. The summed E-state index contributed by atoms with van der Waals surface area (Å²) < 4.78 is 0. The zero-order valence-corrected chi connectivity index (χ0v) is 13.6. The summed E-state index contributed by atoms with van der Waals surface area (Å²) in [6.07, 6.45) is 0.0741. The van der Waals surface area contributed by atoms with Crippen LogP contribution in [0.25, 0.3) is 10.6 Å². The second kappa shape index (κ2) is 6.67. The highest BCUT2D eigenvalue weighted by molar-refractivity contribution is 7.14. The molecule has 0 aliphatic carbocycles. The van der Waals surface area contributed by atoms with E-state index in [2.05, 4.69) is 10.2 Å². The average molecular weight is 339 g/mol. The van der Waals surface area contributed by atoms with Crippen LogP contribution in [0.4, 0.5) is 5.69 Å². The molecule has 1 aromatic heterocycles. The number of rotatable bonds is 5. The molecule has 0 saturated heterocycles. The number of nitro groups is 1. The van der Waals surface area contributed by atoms with Crippen molar-refractivity contribution in [1.29, 1.82) is 0 Å². The molecular formula is C17H13N3O3S. The Morgan fingerprint density at radius 2 is 1.92 bits per heavy atom. The van der Waals surface area contributed by atoms with Crippen molar-refractivity contribution in [3.8, 4) is 10.6 Å². The van der Waals surface area contributed by atoms with Gasteiger partial charge in [0.2, 0.25) is 0 Å². The third kappa shape index (κ3) is 3.36. The summed E-state index contributed by atoms with van der Waals surface area (Å²) >= 11 is 1.35. The van der Waals surface area contributed by atoms with Crippen molar-refractivity contribution in [2.24, 2.45) is 0 Å². The number of hydrogen-bond donors (Lipinski definition) is 0. The molecule has 3 rings (SSSR count). The Hall–Kier alpha value is -2.93. The summed E-state index contributed by atoms with van der Waals surface area (Å²) in [6, 6.07) is 14.1. The minimum absolute atomic E-state index is 0.0527. The van der Waals surface area contributed by atoms with Crippen LogP contribution in [-0.2, 0) is 6.42 Å². The molecule has 2 aromatic carbocycles. The molecule has 7 heteroatoms. The number of ketones is 1. The average Bonchev–Trinajstić information content (AvgIpc) is 3.04. The Morgan fingerprint density at radius 3 is 2.62 bits per heavy atom. The fraction of sp³-hybridized carbons (Fsp3) is 0.118. The molecule has 0 amide bonds. The fourth-order valence-electron chi connectivity index (χ4n) is 2.24. The first-order valence-corrected chi connectivity index (χ1v) is 8.02. The van der Waals surface area contributed by atoms with Gasteiger partial charge in [0.1, 0.15) is 10.0 Å². The quantitative estimate of drug-likeness (QED) is 0.400. The number of aromatic nitrogens is 2. The molecule has 1 heterocycles. The highest BCUT2D eigenvalue weighted by Gasteiger charge is 2.17. The Labute approximate surface area is 142 Å². The summed E-state index contributed by atoms with van der Waals surface area (Å²) in [5.74, 6) is -0.214. The molecule has 0 N–H and O–H groups in total. The van der Waals surface area contributed by atoms with Gasteiger partial charge in [-0.15, -0.1) is 10.2 Å². The van der Waals surface area contributed by atoms with Crippen LogP contribution in [0.15, 0.2) is 48.5 Å². The maximum atomic E-state index is 12.4. The second-order valence-electron chi connectivity index (χ2n) is 5.23. The number of hydrogen-bond acceptors (Lipinski definition) is 6. The summed E-state index contributed by atoms with van der Waals surface area (Å²) in [7, 11) is 0. The molecule has 3 aromatic rings. The van der Waals surface area contributed by atoms with E-state index in [1.807, 2.05) is 30.3 Å². The molecule has 0 aliphatic heterocycles.